The van der Waals surface area contributed by atoms with Gasteiger partial charge in [0, 0.05) is 6.20 Å². The molecular weight excluding hydrogens is 237 g/mol. The maximum absolute atomic E-state index is 12.5. The number of halogens is 3. The van der Waals surface area contributed by atoms with Gasteiger partial charge in [-0.05, 0) is 5.92 Å². The highest BCUT2D eigenvalue weighted by Gasteiger charge is 2.36. The van der Waals surface area contributed by atoms with Gasteiger partial charge in [-0.25, -0.2) is 4.98 Å². The summed E-state index contributed by atoms with van der Waals surface area (Å²) in [6.45, 7) is 3.88. The van der Waals surface area contributed by atoms with Crippen molar-refractivity contribution in [2.45, 2.75) is 20.0 Å². The van der Waals surface area contributed by atoms with Crippen LogP contribution in [0.1, 0.15) is 29.9 Å². The summed E-state index contributed by atoms with van der Waals surface area (Å²) in [5, 5.41) is 0. The average molecular weight is 248 g/mol. The molecule has 0 unspecified atom stereocenters. The molecule has 17 heavy (non-hydrogen) atoms. The minimum atomic E-state index is -4.70. The third-order valence-corrected chi connectivity index (χ3v) is 1.74. The van der Waals surface area contributed by atoms with Crippen LogP contribution in [0.3, 0.4) is 0 Å². The van der Waals surface area contributed by atoms with Crippen molar-refractivity contribution in [3.05, 3.63) is 17.5 Å². The molecule has 0 aliphatic rings. The first kappa shape index (κ1) is 13.4. The molecule has 7 heteroatoms. The molecule has 1 rings (SSSR count). The van der Waals surface area contributed by atoms with Crippen LogP contribution in [0, 0.1) is 5.92 Å². The van der Waals surface area contributed by atoms with Gasteiger partial charge in [0.2, 0.25) is 0 Å². The first-order chi connectivity index (χ1) is 7.84. The van der Waals surface area contributed by atoms with E-state index in [-0.39, 0.29) is 24.8 Å². The summed E-state index contributed by atoms with van der Waals surface area (Å²) in [5.41, 5.74) is -1.88. The normalized spacial score (nSPS) is 11.6. The molecule has 0 atom stereocenters. The highest BCUT2D eigenvalue weighted by Crippen LogP contribution is 2.30. The average Bonchev–Trinajstić information content (AvgIpc) is 2.24. The molecule has 0 saturated heterocycles. The zero-order chi connectivity index (χ0) is 13.1. The lowest BCUT2D eigenvalue weighted by molar-refractivity contribution is -0.141. The second-order valence-electron chi connectivity index (χ2n) is 3.78. The van der Waals surface area contributed by atoms with Crippen LogP contribution in [-0.2, 0) is 6.18 Å². The van der Waals surface area contributed by atoms with Crippen LogP contribution in [0.5, 0.6) is 6.01 Å². The summed E-state index contributed by atoms with van der Waals surface area (Å²) in [7, 11) is 0. The van der Waals surface area contributed by atoms with E-state index in [9.17, 15) is 18.0 Å². The minimum absolute atomic E-state index is 0.0645. The Hall–Kier alpha value is -1.66. The van der Waals surface area contributed by atoms with Crippen LogP contribution in [0.4, 0.5) is 13.2 Å². The Bertz CT molecular complexity index is 405. The molecular formula is C10H11F3N2O2. The standard InChI is InChI=1S/C10H11F3N2O2/c1-6(2)5-17-9-14-3-7(4-16)8(15-9)10(11,12)13/h3-4,6H,5H2,1-2H3. The molecule has 0 aliphatic heterocycles. The predicted molar refractivity (Wildman–Crippen MR) is 52.8 cm³/mol. The minimum Gasteiger partial charge on any atom is -0.463 e. The Labute approximate surface area is 95.8 Å². The number of aromatic nitrogens is 2. The van der Waals surface area contributed by atoms with E-state index in [4.69, 9.17) is 4.74 Å². The molecule has 0 aliphatic carbocycles. The summed E-state index contributed by atoms with van der Waals surface area (Å²) in [4.78, 5) is 17.2. The Morgan fingerprint density at radius 1 is 1.47 bits per heavy atom. The van der Waals surface area contributed by atoms with Crippen molar-refractivity contribution in [1.82, 2.24) is 9.97 Å². The number of ether oxygens (including phenoxy) is 1. The molecule has 1 aromatic rings. The lowest BCUT2D eigenvalue weighted by atomic mass is 10.2. The summed E-state index contributed by atoms with van der Waals surface area (Å²) in [6.07, 6.45) is -3.83. The number of carbonyl (C=O) groups excluding carboxylic acids is 1. The van der Waals surface area contributed by atoms with Gasteiger partial charge in [0.1, 0.15) is 0 Å². The number of rotatable bonds is 4. The number of hydrogen-bond acceptors (Lipinski definition) is 4. The van der Waals surface area contributed by atoms with Crippen LogP contribution < -0.4 is 4.74 Å². The van der Waals surface area contributed by atoms with Crippen LogP contribution in [0.15, 0.2) is 6.20 Å². The SMILES string of the molecule is CC(C)COc1ncc(C=O)c(C(F)(F)F)n1. The van der Waals surface area contributed by atoms with Gasteiger partial charge in [-0.1, -0.05) is 13.8 Å². The van der Waals surface area contributed by atoms with Crippen LogP contribution in [-0.4, -0.2) is 22.9 Å². The fraction of sp³-hybridized carbons (Fsp3) is 0.500. The molecule has 0 bridgehead atoms. The van der Waals surface area contributed by atoms with Crippen LogP contribution in [0.2, 0.25) is 0 Å². The predicted octanol–water partition coefficient (Wildman–Crippen LogP) is 2.34. The summed E-state index contributed by atoms with van der Waals surface area (Å²) < 4.78 is 42.5. The van der Waals surface area contributed by atoms with E-state index in [1.807, 2.05) is 13.8 Å². The Morgan fingerprint density at radius 2 is 2.12 bits per heavy atom. The molecule has 4 nitrogen and oxygen atoms in total. The van der Waals surface area contributed by atoms with E-state index in [0.717, 1.165) is 6.20 Å². The number of nitrogens with zero attached hydrogens (tertiary/aromatic N) is 2. The molecule has 0 saturated carbocycles. The fourth-order valence-electron chi connectivity index (χ4n) is 0.999. The van der Waals surface area contributed by atoms with E-state index < -0.39 is 17.4 Å². The first-order valence-electron chi connectivity index (χ1n) is 4.86. The van der Waals surface area contributed by atoms with E-state index in [1.54, 1.807) is 0 Å². The monoisotopic (exact) mass is 248 g/mol. The number of hydrogen-bond donors (Lipinski definition) is 0. The van der Waals surface area contributed by atoms with Gasteiger partial charge in [0.25, 0.3) is 0 Å². The lowest BCUT2D eigenvalue weighted by Crippen LogP contribution is -2.15. The summed E-state index contributed by atoms with van der Waals surface area (Å²) in [6, 6.07) is -0.378. The number of aldehydes is 1. The van der Waals surface area contributed by atoms with Crippen LogP contribution in [0.25, 0.3) is 0 Å². The topological polar surface area (TPSA) is 52.1 Å². The third-order valence-electron chi connectivity index (χ3n) is 1.74. The fourth-order valence-corrected chi connectivity index (χ4v) is 0.999. The number of alkyl halides is 3. The zero-order valence-electron chi connectivity index (χ0n) is 9.28. The van der Waals surface area contributed by atoms with E-state index in [2.05, 4.69) is 9.97 Å². The molecule has 0 amide bonds. The molecule has 1 aromatic heterocycles. The van der Waals surface area contributed by atoms with Crippen molar-refractivity contribution < 1.29 is 22.7 Å². The lowest BCUT2D eigenvalue weighted by Gasteiger charge is -2.11. The smallest absolute Gasteiger partial charge is 0.434 e. The van der Waals surface area contributed by atoms with Gasteiger partial charge in [-0.15, -0.1) is 0 Å². The van der Waals surface area contributed by atoms with Gasteiger partial charge in [0.15, 0.2) is 12.0 Å². The summed E-state index contributed by atoms with van der Waals surface area (Å²) >= 11 is 0. The second kappa shape index (κ2) is 5.11. The van der Waals surface area contributed by atoms with E-state index in [1.165, 1.54) is 0 Å². The van der Waals surface area contributed by atoms with Gasteiger partial charge in [0.05, 0.1) is 12.2 Å². The molecule has 0 N–H and O–H groups in total. The summed E-state index contributed by atoms with van der Waals surface area (Å²) in [5.74, 6) is 0.138. The van der Waals surface area contributed by atoms with Crippen molar-refractivity contribution in [3.63, 3.8) is 0 Å². The molecule has 0 aromatic carbocycles. The molecule has 94 valence electrons. The zero-order valence-corrected chi connectivity index (χ0v) is 9.28. The molecule has 0 fully saturated rings. The van der Waals surface area contributed by atoms with E-state index in [0.29, 0.717) is 0 Å². The van der Waals surface area contributed by atoms with Crippen LogP contribution >= 0.6 is 0 Å². The first-order valence-corrected chi connectivity index (χ1v) is 4.86. The quantitative estimate of drug-likeness (QED) is 0.767. The molecule has 1 heterocycles. The third kappa shape index (κ3) is 3.69. The Balaban J connectivity index is 3.01. The van der Waals surface area contributed by atoms with Crippen molar-refractivity contribution in [2.75, 3.05) is 6.61 Å². The maximum atomic E-state index is 12.5. The van der Waals surface area contributed by atoms with Crippen molar-refractivity contribution >= 4 is 6.29 Å². The highest BCUT2D eigenvalue weighted by molar-refractivity contribution is 5.76. The molecule has 0 spiro atoms. The maximum Gasteiger partial charge on any atom is 0.434 e. The van der Waals surface area contributed by atoms with Crippen molar-refractivity contribution in [2.24, 2.45) is 5.92 Å². The van der Waals surface area contributed by atoms with Gasteiger partial charge < -0.3 is 4.74 Å². The highest BCUT2D eigenvalue weighted by atomic mass is 19.4. The van der Waals surface area contributed by atoms with Gasteiger partial charge in [-0.3, -0.25) is 4.79 Å². The van der Waals surface area contributed by atoms with Crippen molar-refractivity contribution in [1.29, 1.82) is 0 Å². The van der Waals surface area contributed by atoms with E-state index >= 15 is 0 Å². The second-order valence-corrected chi connectivity index (χ2v) is 3.78. The Kier molecular flexibility index (Phi) is 4.03. The van der Waals surface area contributed by atoms with Crippen molar-refractivity contribution in [3.8, 4) is 6.01 Å². The molecule has 0 radical (unpaired) electrons. The van der Waals surface area contributed by atoms with Gasteiger partial charge >= 0.3 is 12.2 Å². The number of carbonyl (C=O) groups is 1. The largest absolute Gasteiger partial charge is 0.463 e. The Morgan fingerprint density at radius 3 is 2.59 bits per heavy atom. The van der Waals surface area contributed by atoms with Gasteiger partial charge in [-0.2, -0.15) is 18.2 Å².